The lowest BCUT2D eigenvalue weighted by molar-refractivity contribution is 0.363. The van der Waals surface area contributed by atoms with Crippen LogP contribution in [0.5, 0.6) is 0 Å². The van der Waals surface area contributed by atoms with Crippen LogP contribution in [-0.4, -0.2) is 10.1 Å². The molecule has 1 aromatic carbocycles. The summed E-state index contributed by atoms with van der Waals surface area (Å²) in [6, 6.07) is 7.82. The summed E-state index contributed by atoms with van der Waals surface area (Å²) >= 11 is 1.45. The highest BCUT2D eigenvalue weighted by atomic mass is 32.1. The molecule has 118 valence electrons. The Morgan fingerprint density at radius 2 is 2.00 bits per heavy atom. The molecule has 0 saturated heterocycles. The lowest BCUT2D eigenvalue weighted by atomic mass is 9.86. The summed E-state index contributed by atoms with van der Waals surface area (Å²) in [5.41, 5.74) is 1.49. The van der Waals surface area contributed by atoms with Gasteiger partial charge < -0.3 is 4.52 Å². The van der Waals surface area contributed by atoms with Gasteiger partial charge in [0.1, 0.15) is 0 Å². The number of thiazole rings is 1. The van der Waals surface area contributed by atoms with Crippen LogP contribution in [0.2, 0.25) is 0 Å². The van der Waals surface area contributed by atoms with E-state index in [1.165, 1.54) is 30.6 Å². The number of H-pyrrole nitrogens is 1. The molecule has 2 heterocycles. The van der Waals surface area contributed by atoms with Crippen LogP contribution in [0.4, 0.5) is 10.8 Å². The van der Waals surface area contributed by atoms with E-state index in [1.54, 1.807) is 0 Å². The number of nitrogens with zero attached hydrogens (tertiary/aromatic N) is 3. The maximum Gasteiger partial charge on any atom is 0.384 e. The highest BCUT2D eigenvalue weighted by molar-refractivity contribution is 7.21. The van der Waals surface area contributed by atoms with Crippen LogP contribution >= 0.6 is 11.3 Å². The van der Waals surface area contributed by atoms with E-state index in [0.29, 0.717) is 11.0 Å². The number of hydrogen-bond acceptors (Lipinski definition) is 6. The first-order chi connectivity index (χ1) is 11.3. The Morgan fingerprint density at radius 1 is 1.17 bits per heavy atom. The molecule has 0 aliphatic heterocycles. The van der Waals surface area contributed by atoms with Crippen molar-refractivity contribution < 1.29 is 4.52 Å². The first-order valence-electron chi connectivity index (χ1n) is 7.80. The summed E-state index contributed by atoms with van der Waals surface area (Å²) in [5, 5.41) is 11.6. The van der Waals surface area contributed by atoms with Crippen LogP contribution in [0.15, 0.2) is 43.8 Å². The lowest BCUT2D eigenvalue weighted by Gasteiger charge is -2.19. The third-order valence-corrected chi connectivity index (χ3v) is 5.15. The zero-order valence-electron chi connectivity index (χ0n) is 12.5. The number of nitrogens with one attached hydrogen (secondary N) is 1. The second-order valence-electron chi connectivity index (χ2n) is 5.75. The lowest BCUT2D eigenvalue weighted by Crippen LogP contribution is -2.05. The summed E-state index contributed by atoms with van der Waals surface area (Å²) in [6.07, 6.45) is 5.71. The molecule has 1 N–H and O–H groups in total. The quantitative estimate of drug-likeness (QED) is 0.683. The van der Waals surface area contributed by atoms with Crippen molar-refractivity contribution in [3.8, 4) is 0 Å². The summed E-state index contributed by atoms with van der Waals surface area (Å²) in [4.78, 5) is 16.3. The van der Waals surface area contributed by atoms with E-state index in [0.717, 1.165) is 28.8 Å². The van der Waals surface area contributed by atoms with Crippen LogP contribution < -0.4 is 5.63 Å². The van der Waals surface area contributed by atoms with Gasteiger partial charge in [-0.2, -0.15) is 0 Å². The monoisotopic (exact) mass is 328 g/mol. The molecule has 2 aromatic heterocycles. The van der Waals surface area contributed by atoms with Crippen LogP contribution in [0.1, 0.15) is 43.7 Å². The Kier molecular flexibility index (Phi) is 3.78. The van der Waals surface area contributed by atoms with E-state index in [9.17, 15) is 4.79 Å². The number of rotatable bonds is 3. The topological polar surface area (TPSA) is 83.6 Å². The van der Waals surface area contributed by atoms with Crippen LogP contribution in [0.3, 0.4) is 0 Å². The average molecular weight is 328 g/mol. The van der Waals surface area contributed by atoms with Gasteiger partial charge in [-0.15, -0.1) is 10.2 Å². The Bertz CT molecular complexity index is 869. The zero-order chi connectivity index (χ0) is 15.6. The SMILES string of the molecule is O=c1o[nH]c(C2CCCCC2)c1N=Nc1nc2ccccc2s1. The second-order valence-corrected chi connectivity index (χ2v) is 6.76. The fraction of sp³-hybridized carbons (Fsp3) is 0.375. The minimum absolute atomic E-state index is 0.288. The van der Waals surface area contributed by atoms with Crippen molar-refractivity contribution in [2.24, 2.45) is 10.2 Å². The average Bonchev–Trinajstić information content (AvgIpc) is 3.16. The van der Waals surface area contributed by atoms with Gasteiger partial charge in [-0.25, -0.2) is 14.9 Å². The first kappa shape index (κ1) is 14.3. The van der Waals surface area contributed by atoms with E-state index < -0.39 is 5.63 Å². The molecule has 1 aliphatic carbocycles. The number of benzene rings is 1. The number of para-hydroxylation sites is 1. The smallest absolute Gasteiger partial charge is 0.336 e. The molecule has 1 saturated carbocycles. The first-order valence-corrected chi connectivity index (χ1v) is 8.61. The Balaban J connectivity index is 1.65. The normalized spacial score (nSPS) is 16.5. The predicted molar refractivity (Wildman–Crippen MR) is 89.0 cm³/mol. The van der Waals surface area contributed by atoms with Crippen molar-refractivity contribution in [1.82, 2.24) is 10.1 Å². The van der Waals surface area contributed by atoms with Crippen molar-refractivity contribution in [1.29, 1.82) is 0 Å². The molecule has 0 spiro atoms. The highest BCUT2D eigenvalue weighted by Gasteiger charge is 2.23. The number of aromatic amines is 1. The van der Waals surface area contributed by atoms with Gasteiger partial charge in [0.15, 0.2) is 5.69 Å². The van der Waals surface area contributed by atoms with Gasteiger partial charge in [0.05, 0.1) is 15.9 Å². The van der Waals surface area contributed by atoms with E-state index in [-0.39, 0.29) is 5.69 Å². The van der Waals surface area contributed by atoms with Gasteiger partial charge in [0.2, 0.25) is 5.13 Å². The standard InChI is InChI=1S/C16H16N4O2S/c21-15-14(13(20-22-15)10-6-2-1-3-7-10)18-19-16-17-11-8-4-5-9-12(11)23-16/h4-5,8-10,20H,1-3,6-7H2. The maximum absolute atomic E-state index is 11.9. The molecule has 0 bridgehead atoms. The fourth-order valence-electron chi connectivity index (χ4n) is 3.07. The van der Waals surface area contributed by atoms with E-state index in [2.05, 4.69) is 20.4 Å². The minimum Gasteiger partial charge on any atom is -0.336 e. The molecule has 0 atom stereocenters. The molecule has 1 aliphatic rings. The van der Waals surface area contributed by atoms with Crippen molar-refractivity contribution in [3.63, 3.8) is 0 Å². The zero-order valence-corrected chi connectivity index (χ0v) is 13.3. The van der Waals surface area contributed by atoms with Gasteiger partial charge >= 0.3 is 5.63 Å². The minimum atomic E-state index is -0.463. The fourth-order valence-corrected chi connectivity index (χ4v) is 3.85. The Hall–Kier alpha value is -2.28. The van der Waals surface area contributed by atoms with Crippen LogP contribution in [0.25, 0.3) is 10.2 Å². The Labute approximate surface area is 136 Å². The predicted octanol–water partition coefficient (Wildman–Crippen LogP) is 5.04. The molecule has 0 amide bonds. The highest BCUT2D eigenvalue weighted by Crippen LogP contribution is 2.36. The summed E-state index contributed by atoms with van der Waals surface area (Å²) in [6.45, 7) is 0. The van der Waals surface area contributed by atoms with E-state index in [4.69, 9.17) is 4.52 Å². The Morgan fingerprint density at radius 3 is 2.83 bits per heavy atom. The molecule has 1 fully saturated rings. The van der Waals surface area contributed by atoms with E-state index in [1.807, 2.05) is 24.3 Å². The molecule has 4 rings (SSSR count). The number of fused-ring (bicyclic) bond motifs is 1. The van der Waals surface area contributed by atoms with E-state index >= 15 is 0 Å². The molecule has 6 nitrogen and oxygen atoms in total. The summed E-state index contributed by atoms with van der Waals surface area (Å²) < 4.78 is 6.00. The van der Waals surface area contributed by atoms with Crippen molar-refractivity contribution >= 4 is 32.4 Å². The van der Waals surface area contributed by atoms with Gasteiger partial charge in [-0.05, 0) is 25.0 Å². The summed E-state index contributed by atoms with van der Waals surface area (Å²) in [7, 11) is 0. The van der Waals surface area contributed by atoms with Crippen LogP contribution in [0, 0.1) is 0 Å². The largest absolute Gasteiger partial charge is 0.384 e. The van der Waals surface area contributed by atoms with Crippen LogP contribution in [-0.2, 0) is 0 Å². The van der Waals surface area contributed by atoms with Gasteiger partial charge in [-0.3, -0.25) is 0 Å². The maximum atomic E-state index is 11.9. The molecule has 23 heavy (non-hydrogen) atoms. The van der Waals surface area contributed by atoms with Crippen molar-refractivity contribution in [3.05, 3.63) is 40.4 Å². The molecule has 7 heteroatoms. The third kappa shape index (κ3) is 2.84. The molecule has 0 unspecified atom stereocenters. The van der Waals surface area contributed by atoms with Gasteiger partial charge in [0.25, 0.3) is 0 Å². The molecule has 0 radical (unpaired) electrons. The third-order valence-electron chi connectivity index (χ3n) is 4.23. The molecule has 3 aromatic rings. The van der Waals surface area contributed by atoms with Gasteiger partial charge in [0, 0.05) is 5.92 Å². The van der Waals surface area contributed by atoms with Crippen molar-refractivity contribution in [2.45, 2.75) is 38.0 Å². The number of azo groups is 1. The molecular formula is C16H16N4O2S. The summed E-state index contributed by atoms with van der Waals surface area (Å²) in [5.74, 6) is 0.305. The van der Waals surface area contributed by atoms with Crippen molar-refractivity contribution in [2.75, 3.05) is 0 Å². The molecular weight excluding hydrogens is 312 g/mol. The second kappa shape index (κ2) is 6.08. The number of hydrogen-bond donors (Lipinski definition) is 1. The van der Waals surface area contributed by atoms with Gasteiger partial charge in [-0.1, -0.05) is 42.7 Å². The number of aromatic nitrogens is 2.